The number of aromatic nitrogens is 1. The third-order valence-corrected chi connectivity index (χ3v) is 5.99. The summed E-state index contributed by atoms with van der Waals surface area (Å²) in [6, 6.07) is 3.93. The Morgan fingerprint density at radius 2 is 2.04 bits per heavy atom. The number of thiophene rings is 1. The first-order chi connectivity index (χ1) is 11.1. The van der Waals surface area contributed by atoms with E-state index in [-0.39, 0.29) is 11.9 Å². The largest absolute Gasteiger partial charge is 0.467 e. The van der Waals surface area contributed by atoms with Crippen molar-refractivity contribution in [2.75, 3.05) is 7.11 Å². The van der Waals surface area contributed by atoms with Crippen molar-refractivity contribution in [3.63, 3.8) is 0 Å². The number of hydrogen-bond donors (Lipinski definition) is 1. The van der Waals surface area contributed by atoms with Gasteiger partial charge in [0.15, 0.2) is 0 Å². The maximum Gasteiger partial charge on any atom is 0.331 e. The van der Waals surface area contributed by atoms with Crippen molar-refractivity contribution in [2.45, 2.75) is 37.6 Å². The van der Waals surface area contributed by atoms with Crippen LogP contribution in [0.1, 0.15) is 42.6 Å². The van der Waals surface area contributed by atoms with Crippen LogP contribution in [0.25, 0.3) is 9.88 Å². The summed E-state index contributed by atoms with van der Waals surface area (Å²) < 4.78 is 4.92. The minimum Gasteiger partial charge on any atom is -0.467 e. The van der Waals surface area contributed by atoms with Crippen LogP contribution in [-0.2, 0) is 9.53 Å². The zero-order chi connectivity index (χ0) is 16.3. The molecule has 2 heterocycles. The normalized spacial score (nSPS) is 16.7. The summed E-state index contributed by atoms with van der Waals surface area (Å²) >= 11 is 3.02. The molecule has 1 aliphatic rings. The zero-order valence-electron chi connectivity index (χ0n) is 12.8. The number of methoxy groups -OCH3 is 1. The molecule has 0 atom stereocenters. The maximum atomic E-state index is 12.6. The van der Waals surface area contributed by atoms with Crippen LogP contribution in [0, 0.1) is 0 Å². The quantitative estimate of drug-likeness (QED) is 0.857. The van der Waals surface area contributed by atoms with E-state index in [1.807, 2.05) is 17.5 Å². The predicted octanol–water partition coefficient (Wildman–Crippen LogP) is 3.48. The van der Waals surface area contributed by atoms with Gasteiger partial charge in [-0.2, -0.15) is 0 Å². The summed E-state index contributed by atoms with van der Waals surface area (Å²) in [6.45, 7) is 0. The van der Waals surface area contributed by atoms with Gasteiger partial charge < -0.3 is 10.1 Å². The molecule has 1 saturated carbocycles. The van der Waals surface area contributed by atoms with E-state index in [1.54, 1.807) is 16.7 Å². The van der Waals surface area contributed by atoms with E-state index in [4.69, 9.17) is 4.74 Å². The van der Waals surface area contributed by atoms with Crippen LogP contribution in [0.3, 0.4) is 0 Å². The number of amides is 1. The van der Waals surface area contributed by atoms with Gasteiger partial charge in [-0.15, -0.1) is 22.7 Å². The van der Waals surface area contributed by atoms with Gasteiger partial charge in [-0.1, -0.05) is 25.3 Å². The van der Waals surface area contributed by atoms with Gasteiger partial charge in [0.25, 0.3) is 5.91 Å². The third kappa shape index (κ3) is 3.30. The van der Waals surface area contributed by atoms with Crippen molar-refractivity contribution in [3.8, 4) is 9.88 Å². The van der Waals surface area contributed by atoms with Crippen LogP contribution in [0.4, 0.5) is 0 Å². The van der Waals surface area contributed by atoms with E-state index in [9.17, 15) is 9.59 Å². The molecule has 2 aromatic heterocycles. The second-order valence-corrected chi connectivity index (χ2v) is 7.41. The Balaban J connectivity index is 1.78. The molecular formula is C16H18N2O3S2. The van der Waals surface area contributed by atoms with Crippen LogP contribution >= 0.6 is 22.7 Å². The van der Waals surface area contributed by atoms with E-state index in [2.05, 4.69) is 10.3 Å². The van der Waals surface area contributed by atoms with Crippen molar-refractivity contribution in [1.29, 1.82) is 0 Å². The molecule has 0 saturated heterocycles. The van der Waals surface area contributed by atoms with Crippen molar-refractivity contribution in [2.24, 2.45) is 0 Å². The van der Waals surface area contributed by atoms with E-state index in [1.165, 1.54) is 18.4 Å². The molecule has 1 amide bonds. The summed E-state index contributed by atoms with van der Waals surface area (Å²) in [5, 5.41) is 7.42. The lowest BCUT2D eigenvalue weighted by molar-refractivity contribution is -0.149. The molecule has 0 radical (unpaired) electrons. The highest BCUT2D eigenvalue weighted by atomic mass is 32.1. The average molecular weight is 350 g/mol. The monoisotopic (exact) mass is 350 g/mol. The van der Waals surface area contributed by atoms with E-state index >= 15 is 0 Å². The molecule has 0 spiro atoms. The van der Waals surface area contributed by atoms with Crippen LogP contribution in [0.5, 0.6) is 0 Å². The summed E-state index contributed by atoms with van der Waals surface area (Å²) in [5.41, 5.74) is -0.552. The van der Waals surface area contributed by atoms with Crippen LogP contribution in [0.2, 0.25) is 0 Å². The average Bonchev–Trinajstić information content (AvgIpc) is 3.25. The Morgan fingerprint density at radius 3 is 2.70 bits per heavy atom. The molecule has 1 aliphatic carbocycles. The van der Waals surface area contributed by atoms with Gasteiger partial charge in [-0.05, 0) is 24.3 Å². The van der Waals surface area contributed by atoms with Gasteiger partial charge in [-0.3, -0.25) is 4.79 Å². The van der Waals surface area contributed by atoms with Gasteiger partial charge in [-0.25, -0.2) is 9.78 Å². The molecule has 0 bridgehead atoms. The summed E-state index contributed by atoms with van der Waals surface area (Å²) in [5.74, 6) is -0.671. The van der Waals surface area contributed by atoms with Gasteiger partial charge >= 0.3 is 5.97 Å². The van der Waals surface area contributed by atoms with Gasteiger partial charge in [0.2, 0.25) is 0 Å². The summed E-state index contributed by atoms with van der Waals surface area (Å²) in [6.07, 6.45) is 4.13. The SMILES string of the molecule is COC(=O)C1(NC(=O)c2csc(-c3cccs3)n2)CCCCC1. The lowest BCUT2D eigenvalue weighted by atomic mass is 9.81. The molecular weight excluding hydrogens is 332 g/mol. The number of nitrogens with zero attached hydrogens (tertiary/aromatic N) is 1. The molecule has 122 valence electrons. The molecule has 0 unspecified atom stereocenters. The van der Waals surface area contributed by atoms with Crippen LogP contribution < -0.4 is 5.32 Å². The highest BCUT2D eigenvalue weighted by Gasteiger charge is 2.42. The zero-order valence-corrected chi connectivity index (χ0v) is 14.5. The second-order valence-electron chi connectivity index (χ2n) is 5.60. The van der Waals surface area contributed by atoms with E-state index in [0.717, 1.165) is 29.1 Å². The topological polar surface area (TPSA) is 68.3 Å². The predicted molar refractivity (Wildman–Crippen MR) is 90.7 cm³/mol. The van der Waals surface area contributed by atoms with Crippen molar-refractivity contribution in [3.05, 3.63) is 28.6 Å². The van der Waals surface area contributed by atoms with Gasteiger partial charge in [0.1, 0.15) is 16.2 Å². The Hall–Kier alpha value is -1.73. The molecule has 1 fully saturated rings. The fraction of sp³-hybridized carbons (Fsp3) is 0.438. The number of thiazole rings is 1. The maximum absolute atomic E-state index is 12.6. The number of esters is 1. The lowest BCUT2D eigenvalue weighted by Crippen LogP contribution is -2.56. The minimum absolute atomic E-state index is 0.309. The molecule has 0 aromatic carbocycles. The first-order valence-electron chi connectivity index (χ1n) is 7.55. The standard InChI is InChI=1S/C16H18N2O3S2/c1-21-15(20)16(7-3-2-4-8-16)18-13(19)11-10-23-14(17-11)12-6-5-9-22-12/h5-6,9-10H,2-4,7-8H2,1H3,(H,18,19). The highest BCUT2D eigenvalue weighted by molar-refractivity contribution is 7.20. The molecule has 7 heteroatoms. The Bertz CT molecular complexity index is 688. The van der Waals surface area contributed by atoms with E-state index in [0.29, 0.717) is 18.5 Å². The fourth-order valence-corrected chi connectivity index (χ4v) is 4.52. The van der Waals surface area contributed by atoms with Gasteiger partial charge in [0, 0.05) is 5.38 Å². The number of carbonyl (C=O) groups is 2. The molecule has 23 heavy (non-hydrogen) atoms. The van der Waals surface area contributed by atoms with Crippen molar-refractivity contribution >= 4 is 34.6 Å². The number of rotatable bonds is 4. The van der Waals surface area contributed by atoms with Crippen molar-refractivity contribution in [1.82, 2.24) is 10.3 Å². The smallest absolute Gasteiger partial charge is 0.331 e. The molecule has 2 aromatic rings. The summed E-state index contributed by atoms with van der Waals surface area (Å²) in [7, 11) is 1.36. The van der Waals surface area contributed by atoms with Crippen molar-refractivity contribution < 1.29 is 14.3 Å². The molecule has 0 aliphatic heterocycles. The fourth-order valence-electron chi connectivity index (χ4n) is 2.90. The number of carbonyl (C=O) groups excluding carboxylic acids is 2. The molecule has 3 rings (SSSR count). The third-order valence-electron chi connectivity index (χ3n) is 4.10. The minimum atomic E-state index is -0.906. The number of ether oxygens (including phenoxy) is 1. The highest BCUT2D eigenvalue weighted by Crippen LogP contribution is 2.31. The molecule has 1 N–H and O–H groups in total. The first-order valence-corrected chi connectivity index (χ1v) is 9.31. The second kappa shape index (κ2) is 6.80. The Morgan fingerprint density at radius 1 is 1.26 bits per heavy atom. The first kappa shape index (κ1) is 16.1. The number of nitrogens with one attached hydrogen (secondary N) is 1. The molecule has 5 nitrogen and oxygen atoms in total. The Labute approximate surface area is 142 Å². The van der Waals surface area contributed by atoms with Crippen LogP contribution in [0.15, 0.2) is 22.9 Å². The van der Waals surface area contributed by atoms with Crippen LogP contribution in [-0.4, -0.2) is 29.5 Å². The number of hydrogen-bond acceptors (Lipinski definition) is 6. The van der Waals surface area contributed by atoms with E-state index < -0.39 is 5.54 Å². The van der Waals surface area contributed by atoms with Gasteiger partial charge in [0.05, 0.1) is 12.0 Å². The lowest BCUT2D eigenvalue weighted by Gasteiger charge is -2.34. The Kier molecular flexibility index (Phi) is 4.77. The summed E-state index contributed by atoms with van der Waals surface area (Å²) in [4.78, 5) is 30.2.